The van der Waals surface area contributed by atoms with Gasteiger partial charge in [0.05, 0.1) is 0 Å². The Hall–Kier alpha value is -1.66. The Morgan fingerprint density at radius 3 is 2.57 bits per heavy atom. The molecule has 3 rings (SSSR count). The second-order valence-corrected chi connectivity index (χ2v) is 5.69. The maximum absolute atomic E-state index is 13.7. The maximum atomic E-state index is 13.7. The maximum Gasteiger partial charge on any atom is 0.255 e. The fraction of sp³-hybridized carbons (Fsp3) is 0.267. The lowest BCUT2D eigenvalue weighted by Crippen LogP contribution is -2.43. The van der Waals surface area contributed by atoms with Crippen LogP contribution in [0.25, 0.3) is 0 Å². The second-order valence-electron chi connectivity index (χ2n) is 4.77. The molecule has 1 N–H and O–H groups in total. The molecule has 0 bridgehead atoms. The summed E-state index contributed by atoms with van der Waals surface area (Å²) < 4.78 is 19.7. The normalized spacial score (nSPS) is 15.0. The van der Waals surface area contributed by atoms with E-state index in [0.29, 0.717) is 10.2 Å². The van der Waals surface area contributed by atoms with Gasteiger partial charge in [-0.15, -0.1) is 0 Å². The minimum atomic E-state index is -0.490. The lowest BCUT2D eigenvalue weighted by Gasteiger charge is -2.29. The molecule has 4 nitrogen and oxygen atoms in total. The van der Waals surface area contributed by atoms with Gasteiger partial charge in [-0.3, -0.25) is 0 Å². The molecule has 1 aliphatic rings. The Kier molecular flexibility index (Phi) is 4.36. The van der Waals surface area contributed by atoms with Crippen LogP contribution in [0.2, 0.25) is 0 Å². The summed E-state index contributed by atoms with van der Waals surface area (Å²) in [6.45, 7) is 3.96. The Labute approximate surface area is 131 Å². The van der Waals surface area contributed by atoms with Crippen LogP contribution in [0.5, 0.6) is 11.6 Å². The summed E-state index contributed by atoms with van der Waals surface area (Å²) in [6.07, 6.45) is 1.51. The van der Waals surface area contributed by atoms with Crippen LogP contribution in [0.15, 0.2) is 41.0 Å². The number of rotatable bonds is 3. The van der Waals surface area contributed by atoms with Gasteiger partial charge >= 0.3 is 0 Å². The highest BCUT2D eigenvalue weighted by atomic mass is 79.9. The highest BCUT2D eigenvalue weighted by Crippen LogP contribution is 2.26. The molecule has 6 heteroatoms. The number of nitrogens with one attached hydrogen (secondary N) is 1. The highest BCUT2D eigenvalue weighted by molar-refractivity contribution is 9.10. The zero-order chi connectivity index (χ0) is 14.7. The van der Waals surface area contributed by atoms with E-state index in [9.17, 15) is 4.39 Å². The fourth-order valence-electron chi connectivity index (χ4n) is 2.24. The molecular formula is C15H15BrFN3O. The molecule has 1 aromatic heterocycles. The predicted molar refractivity (Wildman–Crippen MR) is 83.5 cm³/mol. The molecule has 0 spiro atoms. The quantitative estimate of drug-likeness (QED) is 0.921. The van der Waals surface area contributed by atoms with Crippen molar-refractivity contribution in [3.63, 3.8) is 0 Å². The number of hydrogen-bond acceptors (Lipinski definition) is 4. The molecule has 0 unspecified atom stereocenters. The second kappa shape index (κ2) is 6.41. The van der Waals surface area contributed by atoms with Gasteiger partial charge in [0.1, 0.15) is 5.75 Å². The van der Waals surface area contributed by atoms with Gasteiger partial charge in [0, 0.05) is 42.5 Å². The van der Waals surface area contributed by atoms with Gasteiger partial charge < -0.3 is 15.0 Å². The van der Waals surface area contributed by atoms with Crippen molar-refractivity contribution in [1.82, 2.24) is 10.3 Å². The van der Waals surface area contributed by atoms with Crippen LogP contribution in [0.3, 0.4) is 0 Å². The SMILES string of the molecule is Fc1cc(Br)cnc1Oc1ccc(N2CCNCC2)cc1. The van der Waals surface area contributed by atoms with E-state index in [1.54, 1.807) is 0 Å². The molecule has 2 heterocycles. The minimum absolute atomic E-state index is 0.0203. The van der Waals surface area contributed by atoms with E-state index in [2.05, 4.69) is 31.1 Å². The van der Waals surface area contributed by atoms with Crippen molar-refractivity contribution in [2.45, 2.75) is 0 Å². The molecule has 2 aromatic rings. The molecule has 0 aliphatic carbocycles. The summed E-state index contributed by atoms with van der Waals surface area (Å²) in [4.78, 5) is 6.23. The van der Waals surface area contributed by atoms with Gasteiger partial charge in [-0.2, -0.15) is 0 Å². The predicted octanol–water partition coefficient (Wildman–Crippen LogP) is 3.19. The average molecular weight is 352 g/mol. The summed E-state index contributed by atoms with van der Waals surface area (Å²) in [5, 5.41) is 3.32. The smallest absolute Gasteiger partial charge is 0.255 e. The first kappa shape index (κ1) is 14.3. The number of ether oxygens (including phenoxy) is 1. The van der Waals surface area contributed by atoms with Crippen molar-refractivity contribution < 1.29 is 9.13 Å². The molecule has 1 saturated heterocycles. The van der Waals surface area contributed by atoms with Crippen molar-refractivity contribution in [1.29, 1.82) is 0 Å². The van der Waals surface area contributed by atoms with Crippen molar-refractivity contribution in [2.75, 3.05) is 31.1 Å². The molecular weight excluding hydrogens is 337 g/mol. The van der Waals surface area contributed by atoms with E-state index in [-0.39, 0.29) is 5.88 Å². The van der Waals surface area contributed by atoms with Crippen molar-refractivity contribution in [2.24, 2.45) is 0 Å². The summed E-state index contributed by atoms with van der Waals surface area (Å²) in [5.74, 6) is 0.0614. The van der Waals surface area contributed by atoms with E-state index >= 15 is 0 Å². The highest BCUT2D eigenvalue weighted by Gasteiger charge is 2.11. The largest absolute Gasteiger partial charge is 0.436 e. The Morgan fingerprint density at radius 2 is 1.90 bits per heavy atom. The number of hydrogen-bond donors (Lipinski definition) is 1. The molecule has 0 amide bonds. The standard InChI is InChI=1S/C15H15BrFN3O/c16-11-9-14(17)15(19-10-11)21-13-3-1-12(2-4-13)20-7-5-18-6-8-20/h1-4,9-10,18H,5-8H2. The average Bonchev–Trinajstić information content (AvgIpc) is 2.52. The Balaban J connectivity index is 1.71. The van der Waals surface area contributed by atoms with E-state index in [1.807, 2.05) is 24.3 Å². The molecule has 1 aromatic carbocycles. The number of piperazine rings is 1. The topological polar surface area (TPSA) is 37.4 Å². The minimum Gasteiger partial charge on any atom is -0.436 e. The molecule has 0 radical (unpaired) electrons. The summed E-state index contributed by atoms with van der Waals surface area (Å²) in [6, 6.07) is 8.97. The first-order valence-corrected chi connectivity index (χ1v) is 7.56. The third-order valence-corrected chi connectivity index (χ3v) is 3.74. The Morgan fingerprint density at radius 1 is 1.19 bits per heavy atom. The first-order chi connectivity index (χ1) is 10.2. The zero-order valence-corrected chi connectivity index (χ0v) is 12.9. The number of halogens is 2. The Bertz CT molecular complexity index is 615. The van der Waals surface area contributed by atoms with Gasteiger partial charge in [-0.1, -0.05) is 0 Å². The summed E-state index contributed by atoms with van der Waals surface area (Å²) in [7, 11) is 0. The van der Waals surface area contributed by atoms with Crippen LogP contribution in [0.4, 0.5) is 10.1 Å². The summed E-state index contributed by atoms with van der Waals surface area (Å²) in [5.41, 5.74) is 1.15. The van der Waals surface area contributed by atoms with Crippen molar-refractivity contribution in [3.8, 4) is 11.6 Å². The van der Waals surface area contributed by atoms with Crippen molar-refractivity contribution in [3.05, 3.63) is 46.8 Å². The van der Waals surface area contributed by atoms with Crippen LogP contribution >= 0.6 is 15.9 Å². The molecule has 1 fully saturated rings. The van der Waals surface area contributed by atoms with Gasteiger partial charge in [-0.25, -0.2) is 9.37 Å². The number of benzene rings is 1. The summed E-state index contributed by atoms with van der Waals surface area (Å²) >= 11 is 3.17. The number of pyridine rings is 1. The molecule has 21 heavy (non-hydrogen) atoms. The van der Waals surface area contributed by atoms with E-state index < -0.39 is 5.82 Å². The monoisotopic (exact) mass is 351 g/mol. The van der Waals surface area contributed by atoms with Crippen molar-refractivity contribution >= 4 is 21.6 Å². The number of nitrogens with zero attached hydrogens (tertiary/aromatic N) is 2. The molecule has 1 aliphatic heterocycles. The van der Waals surface area contributed by atoms with Crippen LogP contribution in [-0.4, -0.2) is 31.2 Å². The molecule has 110 valence electrons. The lowest BCUT2D eigenvalue weighted by atomic mass is 10.2. The van der Waals surface area contributed by atoms with Gasteiger partial charge in [0.2, 0.25) is 0 Å². The van der Waals surface area contributed by atoms with Crippen LogP contribution in [-0.2, 0) is 0 Å². The number of aromatic nitrogens is 1. The third-order valence-electron chi connectivity index (χ3n) is 3.31. The van der Waals surface area contributed by atoms with Gasteiger partial charge in [0.15, 0.2) is 5.82 Å². The van der Waals surface area contributed by atoms with Crippen LogP contribution < -0.4 is 15.0 Å². The third kappa shape index (κ3) is 3.51. The molecule has 0 atom stereocenters. The van der Waals surface area contributed by atoms with Crippen LogP contribution in [0, 0.1) is 5.82 Å². The fourth-order valence-corrected chi connectivity index (χ4v) is 2.54. The first-order valence-electron chi connectivity index (χ1n) is 6.77. The van der Waals surface area contributed by atoms with Gasteiger partial charge in [0.25, 0.3) is 5.88 Å². The van der Waals surface area contributed by atoms with Gasteiger partial charge in [-0.05, 0) is 46.3 Å². The van der Waals surface area contributed by atoms with E-state index in [1.165, 1.54) is 12.3 Å². The van der Waals surface area contributed by atoms with Crippen LogP contribution in [0.1, 0.15) is 0 Å². The lowest BCUT2D eigenvalue weighted by molar-refractivity contribution is 0.422. The zero-order valence-electron chi connectivity index (χ0n) is 11.4. The van der Waals surface area contributed by atoms with E-state index in [0.717, 1.165) is 31.9 Å². The number of anilines is 1. The molecule has 0 saturated carbocycles. The van der Waals surface area contributed by atoms with E-state index in [4.69, 9.17) is 4.74 Å².